The Morgan fingerprint density at radius 1 is 1.16 bits per heavy atom. The number of ether oxygens (including phenoxy) is 1. The SMILES string of the molecule is O=C(NCCCN1CCCCCC1=O)c1ccc(OC(F)(F)F)cc1. The summed E-state index contributed by atoms with van der Waals surface area (Å²) >= 11 is 0. The van der Waals surface area contributed by atoms with E-state index in [9.17, 15) is 22.8 Å². The number of rotatable bonds is 6. The summed E-state index contributed by atoms with van der Waals surface area (Å²) in [5, 5.41) is 2.70. The molecule has 2 rings (SSSR count). The summed E-state index contributed by atoms with van der Waals surface area (Å²) in [4.78, 5) is 25.6. The van der Waals surface area contributed by atoms with Crippen LogP contribution >= 0.6 is 0 Å². The fourth-order valence-electron chi connectivity index (χ4n) is 2.66. The first-order valence-corrected chi connectivity index (χ1v) is 8.27. The Balaban J connectivity index is 1.73. The molecule has 0 spiro atoms. The maximum atomic E-state index is 12.1. The maximum Gasteiger partial charge on any atom is 0.573 e. The molecule has 0 radical (unpaired) electrons. The molecule has 138 valence electrons. The second-order valence-corrected chi connectivity index (χ2v) is 5.87. The third kappa shape index (κ3) is 6.64. The quantitative estimate of drug-likeness (QED) is 0.795. The highest BCUT2D eigenvalue weighted by Crippen LogP contribution is 2.22. The zero-order valence-electron chi connectivity index (χ0n) is 13.8. The van der Waals surface area contributed by atoms with E-state index in [-0.39, 0.29) is 23.1 Å². The number of carbonyl (C=O) groups is 2. The van der Waals surface area contributed by atoms with E-state index in [1.54, 1.807) is 0 Å². The molecule has 1 aliphatic rings. The summed E-state index contributed by atoms with van der Waals surface area (Å²) in [6.45, 7) is 1.74. The van der Waals surface area contributed by atoms with Crippen molar-refractivity contribution >= 4 is 11.8 Å². The van der Waals surface area contributed by atoms with Crippen molar-refractivity contribution in [1.29, 1.82) is 0 Å². The molecule has 1 N–H and O–H groups in total. The van der Waals surface area contributed by atoms with Gasteiger partial charge in [0.05, 0.1) is 0 Å². The van der Waals surface area contributed by atoms with Gasteiger partial charge in [-0.1, -0.05) is 6.42 Å². The summed E-state index contributed by atoms with van der Waals surface area (Å²) in [5.74, 6) is -0.589. The van der Waals surface area contributed by atoms with Gasteiger partial charge in [0, 0.05) is 31.6 Å². The Morgan fingerprint density at radius 2 is 1.88 bits per heavy atom. The van der Waals surface area contributed by atoms with Crippen molar-refractivity contribution in [1.82, 2.24) is 10.2 Å². The van der Waals surface area contributed by atoms with Crippen LogP contribution in [0.3, 0.4) is 0 Å². The normalized spacial score (nSPS) is 15.6. The van der Waals surface area contributed by atoms with Gasteiger partial charge in [0.1, 0.15) is 5.75 Å². The van der Waals surface area contributed by atoms with E-state index in [2.05, 4.69) is 10.1 Å². The van der Waals surface area contributed by atoms with Gasteiger partial charge in [0.25, 0.3) is 5.91 Å². The van der Waals surface area contributed by atoms with E-state index in [1.807, 2.05) is 4.90 Å². The van der Waals surface area contributed by atoms with Crippen molar-refractivity contribution in [3.63, 3.8) is 0 Å². The third-order valence-corrected chi connectivity index (χ3v) is 3.91. The van der Waals surface area contributed by atoms with Crippen molar-refractivity contribution in [2.24, 2.45) is 0 Å². The standard InChI is InChI=1S/C17H21F3N2O3/c18-17(19,20)25-14-8-6-13(7-9-14)16(24)21-10-4-12-22-11-3-1-2-5-15(22)23/h6-9H,1-5,10-12H2,(H,21,24). The summed E-state index contributed by atoms with van der Waals surface area (Å²) in [6.07, 6.45) is -0.544. The number of alkyl halides is 3. The number of halogens is 3. The number of carbonyl (C=O) groups excluding carboxylic acids is 2. The Hall–Kier alpha value is -2.25. The molecule has 1 aliphatic heterocycles. The van der Waals surface area contributed by atoms with Crippen molar-refractivity contribution in [3.8, 4) is 5.75 Å². The molecule has 1 aromatic rings. The predicted octanol–water partition coefficient (Wildman–Crippen LogP) is 3.11. The van der Waals surface area contributed by atoms with Crippen LogP contribution in [0.25, 0.3) is 0 Å². The number of hydrogen-bond acceptors (Lipinski definition) is 3. The minimum Gasteiger partial charge on any atom is -0.406 e. The molecule has 1 aromatic carbocycles. The molecular weight excluding hydrogens is 337 g/mol. The van der Waals surface area contributed by atoms with Gasteiger partial charge in [-0.05, 0) is 43.5 Å². The molecule has 1 saturated heterocycles. The smallest absolute Gasteiger partial charge is 0.406 e. The van der Waals surface area contributed by atoms with Crippen LogP contribution in [-0.4, -0.2) is 42.7 Å². The molecular formula is C17H21F3N2O3. The van der Waals surface area contributed by atoms with Crippen LogP contribution in [0.5, 0.6) is 5.75 Å². The van der Waals surface area contributed by atoms with E-state index in [0.717, 1.165) is 37.9 Å². The van der Waals surface area contributed by atoms with Gasteiger partial charge in [0.15, 0.2) is 0 Å². The molecule has 8 heteroatoms. The Labute approximate surface area is 144 Å². The zero-order valence-corrected chi connectivity index (χ0v) is 13.8. The fraction of sp³-hybridized carbons (Fsp3) is 0.529. The second kappa shape index (κ2) is 8.73. The highest BCUT2D eigenvalue weighted by Gasteiger charge is 2.31. The number of hydrogen-bond donors (Lipinski definition) is 1. The van der Waals surface area contributed by atoms with Crippen molar-refractivity contribution < 1.29 is 27.5 Å². The van der Waals surface area contributed by atoms with E-state index in [4.69, 9.17) is 0 Å². The van der Waals surface area contributed by atoms with Crippen LogP contribution in [0.15, 0.2) is 24.3 Å². The highest BCUT2D eigenvalue weighted by atomic mass is 19.4. The first-order valence-electron chi connectivity index (χ1n) is 8.27. The largest absolute Gasteiger partial charge is 0.573 e. The lowest BCUT2D eigenvalue weighted by molar-refractivity contribution is -0.274. The molecule has 1 fully saturated rings. The zero-order chi connectivity index (χ0) is 18.3. The van der Waals surface area contributed by atoms with E-state index in [0.29, 0.717) is 25.9 Å². The van der Waals surface area contributed by atoms with Crippen LogP contribution in [0.4, 0.5) is 13.2 Å². The van der Waals surface area contributed by atoms with Crippen LogP contribution in [0.2, 0.25) is 0 Å². The average molecular weight is 358 g/mol. The molecule has 0 saturated carbocycles. The van der Waals surface area contributed by atoms with Gasteiger partial charge < -0.3 is 15.0 Å². The van der Waals surface area contributed by atoms with Gasteiger partial charge in [-0.15, -0.1) is 13.2 Å². The minimum absolute atomic E-state index is 0.157. The average Bonchev–Trinajstić information content (AvgIpc) is 2.75. The molecule has 0 unspecified atom stereocenters. The van der Waals surface area contributed by atoms with Crippen LogP contribution < -0.4 is 10.1 Å². The number of benzene rings is 1. The molecule has 2 amide bonds. The molecule has 0 aromatic heterocycles. The Kier molecular flexibility index (Phi) is 6.66. The van der Waals surface area contributed by atoms with E-state index < -0.39 is 6.36 Å². The number of nitrogens with zero attached hydrogens (tertiary/aromatic N) is 1. The Morgan fingerprint density at radius 3 is 2.56 bits per heavy atom. The molecule has 1 heterocycles. The summed E-state index contributed by atoms with van der Waals surface area (Å²) < 4.78 is 40.0. The summed E-state index contributed by atoms with van der Waals surface area (Å²) in [5.41, 5.74) is 0.250. The predicted molar refractivity (Wildman–Crippen MR) is 85.1 cm³/mol. The molecule has 0 bridgehead atoms. The Bertz CT molecular complexity index is 588. The van der Waals surface area contributed by atoms with Gasteiger partial charge in [-0.3, -0.25) is 9.59 Å². The van der Waals surface area contributed by atoms with Crippen LogP contribution in [0, 0.1) is 0 Å². The van der Waals surface area contributed by atoms with Crippen LogP contribution in [-0.2, 0) is 4.79 Å². The number of likely N-dealkylation sites (tertiary alicyclic amines) is 1. The number of nitrogens with one attached hydrogen (secondary N) is 1. The first kappa shape index (κ1) is 19.1. The lowest BCUT2D eigenvalue weighted by Crippen LogP contribution is -2.34. The van der Waals surface area contributed by atoms with Crippen molar-refractivity contribution in [3.05, 3.63) is 29.8 Å². The molecule has 0 aliphatic carbocycles. The van der Waals surface area contributed by atoms with Gasteiger partial charge in [-0.25, -0.2) is 0 Å². The monoisotopic (exact) mass is 358 g/mol. The lowest BCUT2D eigenvalue weighted by Gasteiger charge is -2.20. The lowest BCUT2D eigenvalue weighted by atomic mass is 10.2. The van der Waals surface area contributed by atoms with Gasteiger partial charge in [0.2, 0.25) is 5.91 Å². The second-order valence-electron chi connectivity index (χ2n) is 5.87. The van der Waals surface area contributed by atoms with E-state index in [1.165, 1.54) is 12.1 Å². The fourth-order valence-corrected chi connectivity index (χ4v) is 2.66. The first-order chi connectivity index (χ1) is 11.8. The van der Waals surface area contributed by atoms with Crippen LogP contribution in [0.1, 0.15) is 42.5 Å². The van der Waals surface area contributed by atoms with Gasteiger partial charge >= 0.3 is 6.36 Å². The molecule has 5 nitrogen and oxygen atoms in total. The number of amides is 2. The highest BCUT2D eigenvalue weighted by molar-refractivity contribution is 5.94. The van der Waals surface area contributed by atoms with E-state index >= 15 is 0 Å². The summed E-state index contributed by atoms with van der Waals surface area (Å²) in [6, 6.07) is 4.74. The summed E-state index contributed by atoms with van der Waals surface area (Å²) in [7, 11) is 0. The third-order valence-electron chi connectivity index (χ3n) is 3.91. The van der Waals surface area contributed by atoms with Gasteiger partial charge in [-0.2, -0.15) is 0 Å². The van der Waals surface area contributed by atoms with Crippen molar-refractivity contribution in [2.75, 3.05) is 19.6 Å². The van der Waals surface area contributed by atoms with Crippen molar-refractivity contribution in [2.45, 2.75) is 38.5 Å². The topological polar surface area (TPSA) is 58.6 Å². The molecule has 0 atom stereocenters. The maximum absolute atomic E-state index is 12.1. The molecule has 25 heavy (non-hydrogen) atoms. The minimum atomic E-state index is -4.76.